The fourth-order valence-corrected chi connectivity index (χ4v) is 2.65. The second-order valence-corrected chi connectivity index (χ2v) is 6.43. The van der Waals surface area contributed by atoms with E-state index >= 15 is 0 Å². The highest BCUT2D eigenvalue weighted by molar-refractivity contribution is 9.09. The molecule has 1 aliphatic carbocycles. The van der Waals surface area contributed by atoms with Gasteiger partial charge < -0.3 is 5.32 Å². The molecule has 0 saturated heterocycles. The Morgan fingerprint density at radius 2 is 2.00 bits per heavy atom. The van der Waals surface area contributed by atoms with E-state index in [0.29, 0.717) is 23.1 Å². The molecule has 16 heavy (non-hydrogen) atoms. The first-order valence-corrected chi connectivity index (χ1v) is 7.44. The van der Waals surface area contributed by atoms with Crippen LogP contribution in [-0.2, 0) is 4.79 Å². The Labute approximate surface area is 108 Å². The summed E-state index contributed by atoms with van der Waals surface area (Å²) in [6.07, 6.45) is 6.78. The summed E-state index contributed by atoms with van der Waals surface area (Å²) in [5, 5.41) is 3.08. The van der Waals surface area contributed by atoms with Crippen molar-refractivity contribution in [2.75, 3.05) is 6.54 Å². The Kier molecular flexibility index (Phi) is 6.40. The summed E-state index contributed by atoms with van der Waals surface area (Å²) in [5.41, 5.74) is 0. The summed E-state index contributed by atoms with van der Waals surface area (Å²) >= 11 is 3.65. The van der Waals surface area contributed by atoms with E-state index in [1.54, 1.807) is 0 Å². The van der Waals surface area contributed by atoms with Gasteiger partial charge in [-0.25, -0.2) is 0 Å². The van der Waals surface area contributed by atoms with Gasteiger partial charge in [0.05, 0.1) is 0 Å². The van der Waals surface area contributed by atoms with Gasteiger partial charge in [0.2, 0.25) is 5.91 Å². The normalized spacial score (nSPS) is 27.4. The van der Waals surface area contributed by atoms with Crippen molar-refractivity contribution in [3.05, 3.63) is 0 Å². The molecule has 1 rings (SSSR count). The first-order chi connectivity index (χ1) is 7.61. The lowest BCUT2D eigenvalue weighted by Gasteiger charge is -2.25. The van der Waals surface area contributed by atoms with Crippen molar-refractivity contribution >= 4 is 21.8 Å². The molecular weight excluding hydrogens is 266 g/mol. The van der Waals surface area contributed by atoms with E-state index in [-0.39, 0.29) is 5.91 Å². The Morgan fingerprint density at radius 1 is 1.38 bits per heavy atom. The van der Waals surface area contributed by atoms with Crippen LogP contribution in [0.4, 0.5) is 0 Å². The van der Waals surface area contributed by atoms with E-state index in [4.69, 9.17) is 0 Å². The second-order valence-electron chi connectivity index (χ2n) is 5.14. The number of amides is 1. The highest BCUT2D eigenvalue weighted by Gasteiger charge is 2.19. The fourth-order valence-electron chi connectivity index (χ4n) is 2.12. The lowest BCUT2D eigenvalue weighted by molar-refractivity contribution is -0.122. The van der Waals surface area contributed by atoms with E-state index in [1.165, 1.54) is 25.7 Å². The number of rotatable bonds is 5. The zero-order valence-electron chi connectivity index (χ0n) is 10.5. The Balaban J connectivity index is 2.12. The number of halogens is 1. The molecule has 1 amide bonds. The molecule has 0 aliphatic heterocycles. The summed E-state index contributed by atoms with van der Waals surface area (Å²) < 4.78 is 0. The summed E-state index contributed by atoms with van der Waals surface area (Å²) in [5.74, 6) is 1.45. The summed E-state index contributed by atoms with van der Waals surface area (Å²) in [6.45, 7) is 5.15. The van der Waals surface area contributed by atoms with Crippen molar-refractivity contribution in [1.82, 2.24) is 5.32 Å². The van der Waals surface area contributed by atoms with Gasteiger partial charge in [0.1, 0.15) is 0 Å². The van der Waals surface area contributed by atoms with Crippen LogP contribution in [0, 0.1) is 11.8 Å². The summed E-state index contributed by atoms with van der Waals surface area (Å²) in [4.78, 5) is 12.3. The minimum absolute atomic E-state index is 0.232. The zero-order valence-corrected chi connectivity index (χ0v) is 12.1. The van der Waals surface area contributed by atoms with Crippen molar-refractivity contribution in [1.29, 1.82) is 0 Å². The van der Waals surface area contributed by atoms with Gasteiger partial charge in [-0.05, 0) is 37.5 Å². The van der Waals surface area contributed by atoms with E-state index in [1.807, 2.05) is 0 Å². The molecule has 94 valence electrons. The molecule has 0 aromatic rings. The molecule has 0 radical (unpaired) electrons. The first-order valence-electron chi connectivity index (χ1n) is 6.52. The van der Waals surface area contributed by atoms with Crippen LogP contribution in [0.2, 0.25) is 0 Å². The van der Waals surface area contributed by atoms with Gasteiger partial charge >= 0.3 is 0 Å². The molecular formula is C13H24BrNO. The third-order valence-electron chi connectivity index (χ3n) is 3.59. The lowest BCUT2D eigenvalue weighted by atomic mass is 9.89. The molecule has 1 atom stereocenters. The zero-order chi connectivity index (χ0) is 12.0. The average Bonchev–Trinajstić information content (AvgIpc) is 2.28. The van der Waals surface area contributed by atoms with Crippen LogP contribution in [0.15, 0.2) is 0 Å². The third-order valence-corrected chi connectivity index (χ3v) is 4.51. The smallest absolute Gasteiger partial charge is 0.220 e. The molecule has 1 unspecified atom stereocenters. The van der Waals surface area contributed by atoms with E-state index < -0.39 is 0 Å². The van der Waals surface area contributed by atoms with Crippen LogP contribution >= 0.6 is 15.9 Å². The van der Waals surface area contributed by atoms with E-state index in [2.05, 4.69) is 35.1 Å². The topological polar surface area (TPSA) is 29.1 Å². The Morgan fingerprint density at radius 3 is 2.56 bits per heavy atom. The minimum Gasteiger partial charge on any atom is -0.356 e. The minimum atomic E-state index is 0.232. The molecule has 1 aliphatic rings. The van der Waals surface area contributed by atoms with Gasteiger partial charge in [-0.15, -0.1) is 0 Å². The standard InChI is InChI=1S/C13H24BrNO/c1-3-10(2)8-13(16)15-9-11-4-6-12(14)7-5-11/h10-12H,3-9H2,1-2H3,(H,15,16). The Bertz CT molecular complexity index is 212. The third kappa shape index (κ3) is 5.33. The van der Waals surface area contributed by atoms with Crippen LogP contribution < -0.4 is 5.32 Å². The highest BCUT2D eigenvalue weighted by atomic mass is 79.9. The number of hydrogen-bond donors (Lipinski definition) is 1. The maximum absolute atomic E-state index is 11.6. The van der Waals surface area contributed by atoms with Crippen molar-refractivity contribution in [3.63, 3.8) is 0 Å². The van der Waals surface area contributed by atoms with Gasteiger partial charge in [-0.2, -0.15) is 0 Å². The number of alkyl halides is 1. The van der Waals surface area contributed by atoms with Crippen molar-refractivity contribution < 1.29 is 4.79 Å². The van der Waals surface area contributed by atoms with Crippen LogP contribution in [0.3, 0.4) is 0 Å². The number of carbonyl (C=O) groups excluding carboxylic acids is 1. The van der Waals surface area contributed by atoms with Gasteiger partial charge in [0.25, 0.3) is 0 Å². The molecule has 1 fully saturated rings. The van der Waals surface area contributed by atoms with Gasteiger partial charge in [-0.1, -0.05) is 36.2 Å². The number of carbonyl (C=O) groups is 1. The monoisotopic (exact) mass is 289 g/mol. The fraction of sp³-hybridized carbons (Fsp3) is 0.923. The predicted molar refractivity (Wildman–Crippen MR) is 71.8 cm³/mol. The molecule has 0 heterocycles. The van der Waals surface area contributed by atoms with E-state index in [0.717, 1.165) is 13.0 Å². The molecule has 0 aromatic carbocycles. The van der Waals surface area contributed by atoms with Gasteiger partial charge in [0, 0.05) is 17.8 Å². The second kappa shape index (κ2) is 7.31. The van der Waals surface area contributed by atoms with Crippen molar-refractivity contribution in [2.24, 2.45) is 11.8 Å². The SMILES string of the molecule is CCC(C)CC(=O)NCC1CCC(Br)CC1. The van der Waals surface area contributed by atoms with Crippen LogP contribution in [0.25, 0.3) is 0 Å². The van der Waals surface area contributed by atoms with Crippen molar-refractivity contribution in [2.45, 2.75) is 57.2 Å². The largest absolute Gasteiger partial charge is 0.356 e. The molecule has 3 heteroatoms. The number of hydrogen-bond acceptors (Lipinski definition) is 1. The van der Waals surface area contributed by atoms with Gasteiger partial charge in [-0.3, -0.25) is 4.79 Å². The Hall–Kier alpha value is -0.0500. The molecule has 1 N–H and O–H groups in total. The van der Waals surface area contributed by atoms with Gasteiger partial charge in [0.15, 0.2) is 0 Å². The molecule has 0 spiro atoms. The van der Waals surface area contributed by atoms with Crippen LogP contribution in [0.1, 0.15) is 52.4 Å². The maximum atomic E-state index is 11.6. The highest BCUT2D eigenvalue weighted by Crippen LogP contribution is 2.28. The molecule has 2 nitrogen and oxygen atoms in total. The summed E-state index contributed by atoms with van der Waals surface area (Å²) in [7, 11) is 0. The number of nitrogens with one attached hydrogen (secondary N) is 1. The molecule has 1 saturated carbocycles. The molecule has 0 aromatic heterocycles. The summed E-state index contributed by atoms with van der Waals surface area (Å²) in [6, 6.07) is 0. The quantitative estimate of drug-likeness (QED) is 0.772. The maximum Gasteiger partial charge on any atom is 0.220 e. The lowest BCUT2D eigenvalue weighted by Crippen LogP contribution is -2.32. The predicted octanol–water partition coefficient (Wildman–Crippen LogP) is 3.49. The van der Waals surface area contributed by atoms with Crippen LogP contribution in [0.5, 0.6) is 0 Å². The van der Waals surface area contributed by atoms with Crippen LogP contribution in [-0.4, -0.2) is 17.3 Å². The molecule has 0 bridgehead atoms. The van der Waals surface area contributed by atoms with Crippen molar-refractivity contribution in [3.8, 4) is 0 Å². The average molecular weight is 290 g/mol. The van der Waals surface area contributed by atoms with E-state index in [9.17, 15) is 4.79 Å². The first kappa shape index (κ1) is 14.0.